The van der Waals surface area contributed by atoms with Crippen molar-refractivity contribution in [3.8, 4) is 5.75 Å². The number of aromatic nitrogens is 1. The number of ether oxygens (including phenoxy) is 1. The number of hydrogen-bond acceptors (Lipinski definition) is 4. The van der Waals surface area contributed by atoms with Gasteiger partial charge in [0.15, 0.2) is 0 Å². The quantitative estimate of drug-likeness (QED) is 0.570. The third kappa shape index (κ3) is 5.35. The molecule has 0 aliphatic rings. The Bertz CT molecular complexity index is 942. The molecular formula is C24H27N3O2. The molecule has 0 fully saturated rings. The zero-order chi connectivity index (χ0) is 20.6. The van der Waals surface area contributed by atoms with Crippen LogP contribution in [0.4, 0.5) is 11.4 Å². The number of carbonyl (C=O) groups is 1. The van der Waals surface area contributed by atoms with Crippen molar-refractivity contribution in [3.63, 3.8) is 0 Å². The normalized spacial score (nSPS) is 10.6. The fourth-order valence-corrected chi connectivity index (χ4v) is 3.07. The van der Waals surface area contributed by atoms with Crippen LogP contribution in [0, 0.1) is 0 Å². The Kier molecular flexibility index (Phi) is 6.85. The number of nitrogens with one attached hydrogen (secondary N) is 1. The summed E-state index contributed by atoms with van der Waals surface area (Å²) in [6.45, 7) is 7.13. The number of pyridine rings is 1. The van der Waals surface area contributed by atoms with Gasteiger partial charge in [-0.05, 0) is 44.5 Å². The minimum Gasteiger partial charge on any atom is -0.492 e. The Morgan fingerprint density at radius 2 is 1.79 bits per heavy atom. The van der Waals surface area contributed by atoms with Crippen molar-refractivity contribution in [1.29, 1.82) is 0 Å². The van der Waals surface area contributed by atoms with Gasteiger partial charge < -0.3 is 15.0 Å². The van der Waals surface area contributed by atoms with Gasteiger partial charge in [0.1, 0.15) is 5.75 Å². The summed E-state index contributed by atoms with van der Waals surface area (Å²) in [6, 6.07) is 19.6. The number of rotatable bonds is 8. The van der Waals surface area contributed by atoms with E-state index in [4.69, 9.17) is 4.74 Å². The van der Waals surface area contributed by atoms with Gasteiger partial charge in [-0.1, -0.05) is 42.5 Å². The lowest BCUT2D eigenvalue weighted by Gasteiger charge is -2.27. The van der Waals surface area contributed by atoms with E-state index < -0.39 is 0 Å². The van der Waals surface area contributed by atoms with Crippen LogP contribution in [-0.4, -0.2) is 28.4 Å². The highest BCUT2D eigenvalue weighted by molar-refractivity contribution is 5.95. The Morgan fingerprint density at radius 3 is 2.52 bits per heavy atom. The zero-order valence-electron chi connectivity index (χ0n) is 17.1. The topological polar surface area (TPSA) is 54.5 Å². The highest BCUT2D eigenvalue weighted by Crippen LogP contribution is 2.27. The van der Waals surface area contributed by atoms with Gasteiger partial charge in [-0.15, -0.1) is 0 Å². The minimum absolute atomic E-state index is 0.0434. The van der Waals surface area contributed by atoms with Gasteiger partial charge in [0.05, 0.1) is 29.7 Å². The van der Waals surface area contributed by atoms with Crippen LogP contribution in [0.15, 0.2) is 73.1 Å². The second-order valence-corrected chi connectivity index (χ2v) is 7.03. The lowest BCUT2D eigenvalue weighted by molar-refractivity contribution is 0.0690. The average molecular weight is 389 g/mol. The van der Waals surface area contributed by atoms with Crippen LogP contribution in [0.5, 0.6) is 5.75 Å². The molecule has 0 radical (unpaired) electrons. The fraction of sp³-hybridized carbons (Fsp3) is 0.250. The third-order valence-corrected chi connectivity index (χ3v) is 4.53. The van der Waals surface area contributed by atoms with E-state index in [9.17, 15) is 4.79 Å². The van der Waals surface area contributed by atoms with Gasteiger partial charge in [0.2, 0.25) is 0 Å². The summed E-state index contributed by atoms with van der Waals surface area (Å²) in [6.07, 6.45) is 3.32. The van der Waals surface area contributed by atoms with E-state index in [0.717, 1.165) is 22.7 Å². The first-order valence-corrected chi connectivity index (χ1v) is 9.87. The number of benzene rings is 2. The van der Waals surface area contributed by atoms with Crippen LogP contribution in [0.3, 0.4) is 0 Å². The van der Waals surface area contributed by atoms with Crippen molar-refractivity contribution < 1.29 is 9.53 Å². The zero-order valence-corrected chi connectivity index (χ0v) is 17.1. The van der Waals surface area contributed by atoms with Gasteiger partial charge >= 0.3 is 0 Å². The van der Waals surface area contributed by atoms with Crippen LogP contribution in [-0.2, 0) is 6.54 Å². The predicted octanol–water partition coefficient (Wildman–Crippen LogP) is 5.27. The maximum atomic E-state index is 13.2. The van der Waals surface area contributed by atoms with Crippen molar-refractivity contribution in [2.75, 3.05) is 11.9 Å². The van der Waals surface area contributed by atoms with Crippen molar-refractivity contribution in [1.82, 2.24) is 9.88 Å². The Labute approximate surface area is 172 Å². The predicted molar refractivity (Wildman–Crippen MR) is 117 cm³/mol. The summed E-state index contributed by atoms with van der Waals surface area (Å²) < 4.78 is 5.66. The first kappa shape index (κ1) is 20.4. The van der Waals surface area contributed by atoms with Crippen molar-refractivity contribution in [2.24, 2.45) is 0 Å². The lowest BCUT2D eigenvalue weighted by Crippen LogP contribution is -2.36. The molecule has 3 aromatic rings. The highest BCUT2D eigenvalue weighted by Gasteiger charge is 2.20. The van der Waals surface area contributed by atoms with Crippen molar-refractivity contribution in [2.45, 2.75) is 33.4 Å². The first-order chi connectivity index (χ1) is 14.1. The van der Waals surface area contributed by atoms with E-state index in [1.54, 1.807) is 12.4 Å². The van der Waals surface area contributed by atoms with Crippen molar-refractivity contribution in [3.05, 3.63) is 84.2 Å². The maximum absolute atomic E-state index is 13.2. The summed E-state index contributed by atoms with van der Waals surface area (Å²) in [7, 11) is 0. The molecule has 0 atom stereocenters. The molecule has 1 N–H and O–H groups in total. The molecule has 0 unspecified atom stereocenters. The number of anilines is 2. The molecule has 1 aromatic heterocycles. The number of amides is 1. The second kappa shape index (κ2) is 9.73. The highest BCUT2D eigenvalue weighted by atomic mass is 16.5. The minimum atomic E-state index is -0.0434. The molecule has 0 saturated carbocycles. The molecule has 5 heteroatoms. The molecule has 0 saturated heterocycles. The SMILES string of the molecule is CCOc1ccccc1Nc1cncc(C(=O)N(Cc2ccccc2)C(C)C)c1. The second-order valence-electron chi connectivity index (χ2n) is 7.03. The van der Waals surface area contributed by atoms with Gasteiger partial charge in [0.25, 0.3) is 5.91 Å². The van der Waals surface area contributed by atoms with Gasteiger partial charge in [-0.25, -0.2) is 0 Å². The smallest absolute Gasteiger partial charge is 0.256 e. The van der Waals surface area contributed by atoms with Gasteiger partial charge in [-0.3, -0.25) is 9.78 Å². The van der Waals surface area contributed by atoms with Gasteiger partial charge in [-0.2, -0.15) is 0 Å². The molecule has 1 heterocycles. The van der Waals surface area contributed by atoms with E-state index in [0.29, 0.717) is 18.7 Å². The number of nitrogens with zero attached hydrogens (tertiary/aromatic N) is 2. The molecule has 0 aliphatic carbocycles. The lowest BCUT2D eigenvalue weighted by atomic mass is 10.1. The largest absolute Gasteiger partial charge is 0.492 e. The third-order valence-electron chi connectivity index (χ3n) is 4.53. The van der Waals surface area contributed by atoms with E-state index in [2.05, 4.69) is 10.3 Å². The average Bonchev–Trinajstić information content (AvgIpc) is 2.74. The summed E-state index contributed by atoms with van der Waals surface area (Å²) in [5, 5.41) is 3.31. The molecule has 1 amide bonds. The van der Waals surface area contributed by atoms with E-state index >= 15 is 0 Å². The van der Waals surface area contributed by atoms with Gasteiger partial charge in [0, 0.05) is 18.8 Å². The molecule has 29 heavy (non-hydrogen) atoms. The number of hydrogen-bond donors (Lipinski definition) is 1. The van der Waals surface area contributed by atoms with Crippen LogP contribution in [0.2, 0.25) is 0 Å². The first-order valence-electron chi connectivity index (χ1n) is 9.87. The number of para-hydroxylation sites is 2. The van der Waals surface area contributed by atoms with E-state index in [1.807, 2.05) is 86.3 Å². The summed E-state index contributed by atoms with van der Waals surface area (Å²) in [5.74, 6) is 0.720. The monoisotopic (exact) mass is 389 g/mol. The maximum Gasteiger partial charge on any atom is 0.256 e. The van der Waals surface area contributed by atoms with E-state index in [1.165, 1.54) is 0 Å². The van der Waals surface area contributed by atoms with Crippen LogP contribution in [0.25, 0.3) is 0 Å². The van der Waals surface area contributed by atoms with Crippen LogP contribution in [0.1, 0.15) is 36.7 Å². The molecular weight excluding hydrogens is 362 g/mol. The summed E-state index contributed by atoms with van der Waals surface area (Å²) in [4.78, 5) is 19.3. The Balaban J connectivity index is 1.81. The molecule has 150 valence electrons. The summed E-state index contributed by atoms with van der Waals surface area (Å²) >= 11 is 0. The molecule has 0 bridgehead atoms. The Hall–Kier alpha value is -3.34. The molecule has 5 nitrogen and oxygen atoms in total. The Morgan fingerprint density at radius 1 is 1.07 bits per heavy atom. The molecule has 0 aliphatic heterocycles. The molecule has 3 rings (SSSR count). The van der Waals surface area contributed by atoms with Crippen molar-refractivity contribution >= 4 is 17.3 Å². The number of carbonyl (C=O) groups excluding carboxylic acids is 1. The van der Waals surface area contributed by atoms with Crippen LogP contribution >= 0.6 is 0 Å². The standard InChI is InChI=1S/C24H27N3O2/c1-4-29-23-13-9-8-12-22(23)26-21-14-20(15-25-16-21)24(28)27(18(2)3)17-19-10-6-5-7-11-19/h5-16,18,26H,4,17H2,1-3H3. The van der Waals surface area contributed by atoms with E-state index in [-0.39, 0.29) is 11.9 Å². The molecule has 2 aromatic carbocycles. The summed E-state index contributed by atoms with van der Waals surface area (Å²) in [5.41, 5.74) is 3.23. The van der Waals surface area contributed by atoms with Crippen LogP contribution < -0.4 is 10.1 Å². The molecule has 0 spiro atoms. The fourth-order valence-electron chi connectivity index (χ4n) is 3.07.